The van der Waals surface area contributed by atoms with Crippen molar-refractivity contribution in [2.45, 2.75) is 31.7 Å². The van der Waals surface area contributed by atoms with Crippen molar-refractivity contribution in [2.24, 2.45) is 5.16 Å². The number of aryl methyl sites for hydroxylation is 1. The molecule has 0 unspecified atom stereocenters. The number of oxime groups is 1. The largest absolute Gasteiger partial charge is 0.341 e. The van der Waals surface area contributed by atoms with Gasteiger partial charge in [0, 0.05) is 73.5 Å². The van der Waals surface area contributed by atoms with Crippen molar-refractivity contribution >= 4 is 72.7 Å². The van der Waals surface area contributed by atoms with Crippen molar-refractivity contribution < 1.29 is 19.2 Å². The first-order valence-electron chi connectivity index (χ1n) is 15.3. The number of hydrogen-bond acceptors (Lipinski definition) is 6. The van der Waals surface area contributed by atoms with Crippen molar-refractivity contribution in [3.8, 4) is 11.1 Å². The molecule has 0 fully saturated rings. The highest BCUT2D eigenvalue weighted by Gasteiger charge is 2.20. The second kappa shape index (κ2) is 14.3. The van der Waals surface area contributed by atoms with Gasteiger partial charge in [0.15, 0.2) is 5.78 Å². The summed E-state index contributed by atoms with van der Waals surface area (Å²) in [6.45, 7) is 4.04. The Kier molecular flexibility index (Phi) is 9.80. The molecule has 6 rings (SSSR count). The lowest BCUT2D eigenvalue weighted by atomic mass is 9.98. The molecule has 0 spiro atoms. The monoisotopic (exact) mass is 702 g/mol. The van der Waals surface area contributed by atoms with Crippen LogP contribution in [0.3, 0.4) is 0 Å². The molecule has 0 saturated carbocycles. The summed E-state index contributed by atoms with van der Waals surface area (Å²) < 4.78 is 3.16. The van der Waals surface area contributed by atoms with Crippen molar-refractivity contribution in [3.63, 3.8) is 0 Å². The maximum Gasteiger partial charge on any atom is 0.331 e. The molecule has 234 valence electrons. The van der Waals surface area contributed by atoms with Crippen LogP contribution in [0.2, 0.25) is 0 Å². The number of carbonyl (C=O) groups is 3. The van der Waals surface area contributed by atoms with E-state index in [9.17, 15) is 14.4 Å². The Labute approximate surface area is 285 Å². The Hall–Kier alpha value is -4.79. The average Bonchev–Trinajstić information content (AvgIpc) is 3.42. The first kappa shape index (κ1) is 32.2. The zero-order chi connectivity index (χ0) is 32.9. The van der Waals surface area contributed by atoms with Gasteiger partial charge in [-0.1, -0.05) is 75.7 Å². The van der Waals surface area contributed by atoms with Crippen LogP contribution in [-0.2, 0) is 16.2 Å². The van der Waals surface area contributed by atoms with E-state index in [2.05, 4.69) is 32.6 Å². The van der Waals surface area contributed by atoms with Crippen molar-refractivity contribution in [1.29, 1.82) is 0 Å². The summed E-state index contributed by atoms with van der Waals surface area (Å²) in [4.78, 5) is 45.0. The molecule has 0 saturated heterocycles. The SMILES string of the molecule is CCn1c2ccc(C(=O)/C(CCSc3ccc(Br)cc3)=N/OC(C)=O)cc2c2cc(C(=O)c3ccc(-c4ccccc4)cc3)ccc21. The van der Waals surface area contributed by atoms with Crippen LogP contribution >= 0.6 is 27.7 Å². The van der Waals surface area contributed by atoms with Gasteiger partial charge in [-0.3, -0.25) is 9.59 Å². The van der Waals surface area contributed by atoms with Gasteiger partial charge in [-0.05, 0) is 78.7 Å². The first-order chi connectivity index (χ1) is 22.8. The van der Waals surface area contributed by atoms with E-state index in [-0.39, 0.29) is 17.3 Å². The zero-order valence-electron chi connectivity index (χ0n) is 25.9. The van der Waals surface area contributed by atoms with Crippen LogP contribution in [0.1, 0.15) is 46.5 Å². The first-order valence-corrected chi connectivity index (χ1v) is 17.0. The Morgan fingerprint density at radius 1 is 0.745 bits per heavy atom. The molecule has 6 nitrogen and oxygen atoms in total. The molecule has 0 atom stereocenters. The van der Waals surface area contributed by atoms with Gasteiger partial charge in [0.2, 0.25) is 5.78 Å². The fraction of sp³-hybridized carbons (Fsp3) is 0.128. The van der Waals surface area contributed by atoms with Gasteiger partial charge in [-0.25, -0.2) is 4.79 Å². The summed E-state index contributed by atoms with van der Waals surface area (Å²) in [6.07, 6.45) is 0.309. The van der Waals surface area contributed by atoms with Gasteiger partial charge in [0.25, 0.3) is 0 Å². The molecular formula is C39H31BrN2O4S. The van der Waals surface area contributed by atoms with Crippen LogP contribution < -0.4 is 0 Å². The van der Waals surface area contributed by atoms with Gasteiger partial charge < -0.3 is 9.40 Å². The van der Waals surface area contributed by atoms with Gasteiger partial charge in [-0.15, -0.1) is 11.8 Å². The topological polar surface area (TPSA) is 77.7 Å². The number of ketones is 2. The maximum absolute atomic E-state index is 13.8. The molecule has 5 aromatic carbocycles. The number of aromatic nitrogens is 1. The summed E-state index contributed by atoms with van der Waals surface area (Å²) in [5, 5.41) is 5.69. The Balaban J connectivity index is 1.31. The van der Waals surface area contributed by atoms with Gasteiger partial charge in [0.1, 0.15) is 5.71 Å². The second-order valence-electron chi connectivity index (χ2n) is 11.0. The Bertz CT molecular complexity index is 2140. The molecule has 0 aliphatic rings. The average molecular weight is 704 g/mol. The lowest BCUT2D eigenvalue weighted by Gasteiger charge is -2.07. The van der Waals surface area contributed by atoms with Gasteiger partial charge in [-0.2, -0.15) is 0 Å². The number of rotatable bonds is 11. The molecule has 0 radical (unpaired) electrons. The fourth-order valence-corrected chi connectivity index (χ4v) is 6.75. The van der Waals surface area contributed by atoms with Crippen LogP contribution in [0.5, 0.6) is 0 Å². The number of halogens is 1. The van der Waals surface area contributed by atoms with Crippen LogP contribution in [0.15, 0.2) is 130 Å². The summed E-state index contributed by atoms with van der Waals surface area (Å²) in [5.74, 6) is -0.407. The molecule has 8 heteroatoms. The summed E-state index contributed by atoms with van der Waals surface area (Å²) in [7, 11) is 0. The minimum absolute atomic E-state index is 0.0739. The van der Waals surface area contributed by atoms with Crippen molar-refractivity contribution in [3.05, 3.63) is 136 Å². The number of carbonyl (C=O) groups excluding carboxylic acids is 3. The van der Waals surface area contributed by atoms with E-state index in [0.717, 1.165) is 42.3 Å². The summed E-state index contributed by atoms with van der Waals surface area (Å²) in [6, 6.07) is 36.9. The van der Waals surface area contributed by atoms with E-state index in [1.54, 1.807) is 17.8 Å². The standard InChI is InChI=1S/C39H31BrN2O4S/c1-3-42-36-19-13-29(38(44)28-11-9-27(10-12-28)26-7-5-4-6-8-26)23-33(36)34-24-30(14-20-37(34)42)39(45)35(41-46-25(2)43)21-22-47-32-17-15-31(40)16-18-32/h4-20,23-24H,3,21-22H2,1-2H3/b41-35+. The number of hydrogen-bond donors (Lipinski definition) is 0. The molecule has 1 aromatic heterocycles. The van der Waals surface area contributed by atoms with Crippen molar-refractivity contribution in [2.75, 3.05) is 5.75 Å². The van der Waals surface area contributed by atoms with Crippen LogP contribution in [0.4, 0.5) is 0 Å². The third-order valence-corrected chi connectivity index (χ3v) is 9.47. The minimum atomic E-state index is -0.593. The van der Waals surface area contributed by atoms with Crippen molar-refractivity contribution in [1.82, 2.24) is 4.57 Å². The molecule has 0 aliphatic heterocycles. The van der Waals surface area contributed by atoms with E-state index in [0.29, 0.717) is 35.4 Å². The van der Waals surface area contributed by atoms with E-state index in [1.165, 1.54) is 6.92 Å². The third-order valence-electron chi connectivity index (χ3n) is 7.93. The van der Waals surface area contributed by atoms with Gasteiger partial charge in [0.05, 0.1) is 0 Å². The minimum Gasteiger partial charge on any atom is -0.341 e. The van der Waals surface area contributed by atoms with Crippen LogP contribution in [-0.4, -0.2) is 33.6 Å². The van der Waals surface area contributed by atoms with E-state index in [1.807, 2.05) is 109 Å². The van der Waals surface area contributed by atoms with Crippen LogP contribution in [0.25, 0.3) is 32.9 Å². The molecule has 1 heterocycles. The Morgan fingerprint density at radius 2 is 1.34 bits per heavy atom. The quantitative estimate of drug-likeness (QED) is 0.0442. The second-order valence-corrected chi connectivity index (χ2v) is 13.1. The maximum atomic E-state index is 13.8. The van der Waals surface area contributed by atoms with E-state index in [4.69, 9.17) is 4.84 Å². The smallest absolute Gasteiger partial charge is 0.331 e. The lowest BCUT2D eigenvalue weighted by molar-refractivity contribution is -0.140. The highest BCUT2D eigenvalue weighted by Crippen LogP contribution is 2.32. The predicted octanol–water partition coefficient (Wildman–Crippen LogP) is 9.76. The highest BCUT2D eigenvalue weighted by atomic mass is 79.9. The Morgan fingerprint density at radius 3 is 1.98 bits per heavy atom. The highest BCUT2D eigenvalue weighted by molar-refractivity contribution is 9.10. The molecular weight excluding hydrogens is 672 g/mol. The molecule has 6 aromatic rings. The van der Waals surface area contributed by atoms with Gasteiger partial charge >= 0.3 is 5.97 Å². The molecule has 47 heavy (non-hydrogen) atoms. The predicted molar refractivity (Wildman–Crippen MR) is 193 cm³/mol. The number of nitrogens with zero attached hydrogens (tertiary/aromatic N) is 2. The third kappa shape index (κ3) is 7.14. The number of thioether (sulfide) groups is 1. The summed E-state index contributed by atoms with van der Waals surface area (Å²) >= 11 is 5.03. The zero-order valence-corrected chi connectivity index (χ0v) is 28.3. The number of benzene rings is 5. The number of fused-ring (bicyclic) bond motifs is 3. The number of Topliss-reactive ketones (excluding diaryl/α,β-unsaturated/α-hetero) is 1. The van der Waals surface area contributed by atoms with E-state index < -0.39 is 5.97 Å². The molecule has 0 aliphatic carbocycles. The molecule has 0 amide bonds. The molecule has 0 bridgehead atoms. The van der Waals surface area contributed by atoms with Crippen LogP contribution in [0, 0.1) is 0 Å². The normalized spacial score (nSPS) is 11.6. The fourth-order valence-electron chi connectivity index (χ4n) is 5.62. The summed E-state index contributed by atoms with van der Waals surface area (Å²) in [5.41, 5.74) is 5.84. The lowest BCUT2D eigenvalue weighted by Crippen LogP contribution is -2.16. The van der Waals surface area contributed by atoms with E-state index >= 15 is 0 Å². The molecule has 0 N–H and O–H groups in total.